The molecule has 1 aliphatic rings. The molecule has 134 valence electrons. The second kappa shape index (κ2) is 6.27. The monoisotopic (exact) mass is 355 g/mol. The highest BCUT2D eigenvalue weighted by atomic mass is 16.5. The van der Waals surface area contributed by atoms with Gasteiger partial charge in [-0.1, -0.05) is 30.3 Å². The normalized spacial score (nSPS) is 13.1. The molecule has 1 aliphatic carbocycles. The molecule has 27 heavy (non-hydrogen) atoms. The van der Waals surface area contributed by atoms with E-state index in [-0.39, 0.29) is 0 Å². The number of benzene rings is 3. The van der Waals surface area contributed by atoms with Gasteiger partial charge >= 0.3 is 0 Å². The quantitative estimate of drug-likeness (QED) is 0.451. The summed E-state index contributed by atoms with van der Waals surface area (Å²) in [6, 6.07) is 19.0. The lowest BCUT2D eigenvalue weighted by Crippen LogP contribution is -1.97. The van der Waals surface area contributed by atoms with Crippen LogP contribution >= 0.6 is 0 Å². The van der Waals surface area contributed by atoms with E-state index < -0.39 is 0 Å². The van der Waals surface area contributed by atoms with E-state index in [2.05, 4.69) is 42.5 Å². The summed E-state index contributed by atoms with van der Waals surface area (Å²) in [4.78, 5) is 5.10. The van der Waals surface area contributed by atoms with Crippen LogP contribution in [0, 0.1) is 0 Å². The zero-order valence-electron chi connectivity index (χ0n) is 15.6. The van der Waals surface area contributed by atoms with Crippen LogP contribution in [-0.2, 0) is 12.8 Å². The van der Waals surface area contributed by atoms with Crippen molar-refractivity contribution in [3.63, 3.8) is 0 Å². The molecule has 0 unspecified atom stereocenters. The number of methoxy groups -OCH3 is 2. The van der Waals surface area contributed by atoms with Crippen molar-refractivity contribution in [1.82, 2.24) is 4.98 Å². The average Bonchev–Trinajstić information content (AvgIpc) is 3.22. The highest BCUT2D eigenvalue weighted by molar-refractivity contribution is 6.09. The predicted molar refractivity (Wildman–Crippen MR) is 110 cm³/mol. The van der Waals surface area contributed by atoms with Gasteiger partial charge < -0.3 is 9.47 Å². The first-order chi connectivity index (χ1) is 13.3. The van der Waals surface area contributed by atoms with E-state index >= 15 is 0 Å². The molecule has 0 atom stereocenters. The van der Waals surface area contributed by atoms with Gasteiger partial charge in [0.2, 0.25) is 0 Å². The fourth-order valence-electron chi connectivity index (χ4n) is 4.36. The van der Waals surface area contributed by atoms with Crippen LogP contribution < -0.4 is 9.47 Å². The van der Waals surface area contributed by atoms with Crippen LogP contribution in [0.3, 0.4) is 0 Å². The van der Waals surface area contributed by atoms with Crippen LogP contribution in [0.15, 0.2) is 54.6 Å². The van der Waals surface area contributed by atoms with Crippen molar-refractivity contribution in [2.24, 2.45) is 0 Å². The van der Waals surface area contributed by atoms with Crippen LogP contribution in [-0.4, -0.2) is 19.2 Å². The first-order valence-corrected chi connectivity index (χ1v) is 9.36. The maximum absolute atomic E-state index is 5.51. The summed E-state index contributed by atoms with van der Waals surface area (Å²) < 4.78 is 10.9. The predicted octanol–water partition coefficient (Wildman–Crippen LogP) is 5.56. The van der Waals surface area contributed by atoms with E-state index in [4.69, 9.17) is 14.5 Å². The van der Waals surface area contributed by atoms with Gasteiger partial charge in [0, 0.05) is 10.9 Å². The third-order valence-electron chi connectivity index (χ3n) is 5.60. The summed E-state index contributed by atoms with van der Waals surface area (Å²) >= 11 is 0. The molecule has 5 rings (SSSR count). The number of ether oxygens (including phenoxy) is 2. The van der Waals surface area contributed by atoms with E-state index in [0.29, 0.717) is 0 Å². The van der Waals surface area contributed by atoms with Gasteiger partial charge in [-0.05, 0) is 65.4 Å². The summed E-state index contributed by atoms with van der Waals surface area (Å²) in [5.74, 6) is 1.48. The van der Waals surface area contributed by atoms with Crippen molar-refractivity contribution >= 4 is 21.7 Å². The Morgan fingerprint density at radius 3 is 2.48 bits per heavy atom. The number of rotatable bonds is 3. The minimum atomic E-state index is 0.738. The number of aryl methyl sites for hydroxylation is 1. The summed E-state index contributed by atoms with van der Waals surface area (Å²) in [7, 11) is 3.33. The number of aromatic nitrogens is 1. The fourth-order valence-corrected chi connectivity index (χ4v) is 4.36. The first kappa shape index (κ1) is 16.1. The Morgan fingerprint density at radius 2 is 1.63 bits per heavy atom. The van der Waals surface area contributed by atoms with Gasteiger partial charge in [-0.25, -0.2) is 4.98 Å². The number of fused-ring (bicyclic) bond motifs is 5. The van der Waals surface area contributed by atoms with E-state index in [1.807, 2.05) is 12.1 Å². The van der Waals surface area contributed by atoms with Gasteiger partial charge in [0.15, 0.2) is 11.5 Å². The van der Waals surface area contributed by atoms with Gasteiger partial charge in [0.1, 0.15) is 0 Å². The molecule has 0 bridgehead atoms. The minimum Gasteiger partial charge on any atom is -0.493 e. The van der Waals surface area contributed by atoms with Gasteiger partial charge in [-0.15, -0.1) is 0 Å². The molecular weight excluding hydrogens is 334 g/mol. The zero-order valence-corrected chi connectivity index (χ0v) is 15.6. The highest BCUT2D eigenvalue weighted by Crippen LogP contribution is 2.40. The fraction of sp³-hybridized carbons (Fsp3) is 0.208. The maximum atomic E-state index is 5.51. The standard InChI is InChI=1S/C24H21NO2/c1-26-21-13-11-16(14-22(21)27-2)24-19-9-5-8-18(19)23-17-7-4-3-6-15(17)10-12-20(23)25-24/h3-4,6-7,10-14H,5,8-9H2,1-2H3. The minimum absolute atomic E-state index is 0.738. The molecule has 3 heteroatoms. The summed E-state index contributed by atoms with van der Waals surface area (Å²) in [6.07, 6.45) is 3.37. The van der Waals surface area contributed by atoms with E-state index in [9.17, 15) is 0 Å². The van der Waals surface area contributed by atoms with Crippen LogP contribution in [0.2, 0.25) is 0 Å². The number of nitrogens with zero attached hydrogens (tertiary/aromatic N) is 1. The molecule has 0 spiro atoms. The first-order valence-electron chi connectivity index (χ1n) is 9.36. The Labute approximate surface area is 158 Å². The Kier molecular flexibility index (Phi) is 3.75. The van der Waals surface area contributed by atoms with E-state index in [1.54, 1.807) is 14.2 Å². The van der Waals surface area contributed by atoms with E-state index in [0.717, 1.165) is 41.1 Å². The number of hydrogen-bond acceptors (Lipinski definition) is 3. The maximum Gasteiger partial charge on any atom is 0.161 e. The molecule has 0 fully saturated rings. The Hall–Kier alpha value is -3.07. The van der Waals surface area contributed by atoms with Crippen LogP contribution in [0.5, 0.6) is 11.5 Å². The average molecular weight is 355 g/mol. The molecule has 1 heterocycles. The molecule has 1 aromatic heterocycles. The largest absolute Gasteiger partial charge is 0.493 e. The van der Waals surface area contributed by atoms with Gasteiger partial charge in [-0.2, -0.15) is 0 Å². The SMILES string of the molecule is COc1ccc(-c2nc3ccc4ccccc4c3c3c2CCC3)cc1OC. The molecular formula is C24H21NO2. The van der Waals surface area contributed by atoms with Crippen molar-refractivity contribution < 1.29 is 9.47 Å². The van der Waals surface area contributed by atoms with Crippen molar-refractivity contribution in [1.29, 1.82) is 0 Å². The molecule has 0 saturated carbocycles. The Morgan fingerprint density at radius 1 is 0.815 bits per heavy atom. The lowest BCUT2D eigenvalue weighted by molar-refractivity contribution is 0.355. The molecule has 0 radical (unpaired) electrons. The van der Waals surface area contributed by atoms with Gasteiger partial charge in [0.25, 0.3) is 0 Å². The molecule has 0 aliphatic heterocycles. The summed E-state index contributed by atoms with van der Waals surface area (Å²) in [5.41, 5.74) is 6.07. The number of hydrogen-bond donors (Lipinski definition) is 0. The van der Waals surface area contributed by atoms with E-state index in [1.165, 1.54) is 33.7 Å². The van der Waals surface area contributed by atoms with Crippen LogP contribution in [0.1, 0.15) is 17.5 Å². The highest BCUT2D eigenvalue weighted by Gasteiger charge is 2.22. The van der Waals surface area contributed by atoms with Crippen molar-refractivity contribution in [2.75, 3.05) is 14.2 Å². The molecule has 0 amide bonds. The third kappa shape index (κ3) is 2.46. The molecule has 0 N–H and O–H groups in total. The van der Waals surface area contributed by atoms with Gasteiger partial charge in [0.05, 0.1) is 25.4 Å². The summed E-state index contributed by atoms with van der Waals surface area (Å²) in [5, 5.41) is 3.91. The van der Waals surface area contributed by atoms with Crippen LogP contribution in [0.25, 0.3) is 32.9 Å². The molecule has 3 nitrogen and oxygen atoms in total. The zero-order chi connectivity index (χ0) is 18.4. The van der Waals surface area contributed by atoms with Gasteiger partial charge in [-0.3, -0.25) is 0 Å². The van der Waals surface area contributed by atoms with Crippen molar-refractivity contribution in [2.45, 2.75) is 19.3 Å². The summed E-state index contributed by atoms with van der Waals surface area (Å²) in [6.45, 7) is 0. The number of pyridine rings is 1. The lowest BCUT2D eigenvalue weighted by atomic mass is 9.95. The molecule has 4 aromatic rings. The Bertz CT molecular complexity index is 1180. The third-order valence-corrected chi connectivity index (χ3v) is 5.60. The van der Waals surface area contributed by atoms with Crippen LogP contribution in [0.4, 0.5) is 0 Å². The molecule has 3 aromatic carbocycles. The van der Waals surface area contributed by atoms with Crippen molar-refractivity contribution in [3.05, 3.63) is 65.7 Å². The van der Waals surface area contributed by atoms with Crippen molar-refractivity contribution in [3.8, 4) is 22.8 Å². The lowest BCUT2D eigenvalue weighted by Gasteiger charge is -2.15. The molecule has 0 saturated heterocycles. The second-order valence-corrected chi connectivity index (χ2v) is 7.02. The Balaban J connectivity index is 1.81. The smallest absolute Gasteiger partial charge is 0.161 e. The second-order valence-electron chi connectivity index (χ2n) is 7.02. The topological polar surface area (TPSA) is 31.4 Å².